The van der Waals surface area contributed by atoms with Crippen LogP contribution in [0.1, 0.15) is 17.3 Å². The number of rotatable bonds is 4. The molecule has 0 aliphatic carbocycles. The summed E-state index contributed by atoms with van der Waals surface area (Å²) in [5, 5.41) is 3.09. The molecule has 1 atom stereocenters. The topological polar surface area (TPSA) is 50.9 Å². The first kappa shape index (κ1) is 12.8. The molecule has 2 rings (SSSR count). The van der Waals surface area contributed by atoms with Crippen LogP contribution in [-0.4, -0.2) is 4.98 Å². The maximum absolute atomic E-state index is 6.14. The number of nitrogens with one attached hydrogen (secondary N) is 1. The summed E-state index contributed by atoms with van der Waals surface area (Å²) >= 11 is 13.6. The second-order valence-electron chi connectivity index (χ2n) is 3.55. The van der Waals surface area contributed by atoms with Gasteiger partial charge in [0, 0.05) is 5.38 Å². The van der Waals surface area contributed by atoms with E-state index in [4.69, 9.17) is 29.0 Å². The fourth-order valence-corrected chi connectivity index (χ4v) is 2.57. The molecule has 1 unspecified atom stereocenters. The van der Waals surface area contributed by atoms with Crippen LogP contribution in [0.5, 0.6) is 0 Å². The number of halogens is 2. The van der Waals surface area contributed by atoms with Gasteiger partial charge in [-0.05, 0) is 18.1 Å². The van der Waals surface area contributed by atoms with Crippen LogP contribution < -0.4 is 11.3 Å². The van der Waals surface area contributed by atoms with Gasteiger partial charge in [-0.25, -0.2) is 4.98 Å². The Balaban J connectivity index is 2.22. The van der Waals surface area contributed by atoms with Crippen molar-refractivity contribution in [1.82, 2.24) is 10.4 Å². The van der Waals surface area contributed by atoms with Gasteiger partial charge >= 0.3 is 0 Å². The van der Waals surface area contributed by atoms with Gasteiger partial charge in [-0.3, -0.25) is 11.3 Å². The Labute approximate surface area is 114 Å². The molecule has 3 N–H and O–H groups in total. The van der Waals surface area contributed by atoms with Crippen LogP contribution >= 0.6 is 34.5 Å². The van der Waals surface area contributed by atoms with E-state index in [1.54, 1.807) is 11.6 Å². The minimum absolute atomic E-state index is 0.0581. The molecule has 0 saturated carbocycles. The predicted molar refractivity (Wildman–Crippen MR) is 72.3 cm³/mol. The molecule has 0 bridgehead atoms. The minimum atomic E-state index is -0.0581. The Morgan fingerprint density at radius 2 is 2.24 bits per heavy atom. The summed E-state index contributed by atoms with van der Waals surface area (Å²) in [6.07, 6.45) is 0.652. The molecule has 0 radical (unpaired) electrons. The van der Waals surface area contributed by atoms with Crippen LogP contribution in [0.25, 0.3) is 0 Å². The van der Waals surface area contributed by atoms with Gasteiger partial charge in [0.1, 0.15) is 0 Å². The maximum atomic E-state index is 6.14. The lowest BCUT2D eigenvalue weighted by Gasteiger charge is -2.14. The highest BCUT2D eigenvalue weighted by Crippen LogP contribution is 2.28. The molecule has 0 aliphatic rings. The lowest BCUT2D eigenvalue weighted by atomic mass is 10.0. The van der Waals surface area contributed by atoms with Gasteiger partial charge in [0.15, 0.2) is 0 Å². The highest BCUT2D eigenvalue weighted by molar-refractivity contribution is 7.07. The summed E-state index contributed by atoms with van der Waals surface area (Å²) in [5.41, 5.74) is 6.38. The first-order chi connectivity index (χ1) is 8.22. The van der Waals surface area contributed by atoms with Gasteiger partial charge in [0.05, 0.1) is 27.3 Å². The molecular formula is C11H11Cl2N3S. The molecule has 0 amide bonds. The van der Waals surface area contributed by atoms with Gasteiger partial charge < -0.3 is 0 Å². The highest BCUT2D eigenvalue weighted by Gasteiger charge is 2.15. The molecule has 1 aromatic carbocycles. The van der Waals surface area contributed by atoms with Gasteiger partial charge in [0.2, 0.25) is 0 Å². The van der Waals surface area contributed by atoms with Gasteiger partial charge in [-0.1, -0.05) is 35.3 Å². The average molecular weight is 288 g/mol. The van der Waals surface area contributed by atoms with Crippen molar-refractivity contribution in [3.63, 3.8) is 0 Å². The van der Waals surface area contributed by atoms with Crippen molar-refractivity contribution < 1.29 is 0 Å². The Morgan fingerprint density at radius 1 is 1.41 bits per heavy atom. The number of hydrazine groups is 1. The van der Waals surface area contributed by atoms with E-state index in [1.165, 1.54) is 11.3 Å². The van der Waals surface area contributed by atoms with Crippen molar-refractivity contribution in [2.24, 2.45) is 5.84 Å². The zero-order valence-electron chi connectivity index (χ0n) is 8.86. The summed E-state index contributed by atoms with van der Waals surface area (Å²) in [6, 6.07) is 5.52. The van der Waals surface area contributed by atoms with E-state index >= 15 is 0 Å². The Morgan fingerprint density at radius 3 is 2.88 bits per heavy atom. The molecule has 0 spiro atoms. The van der Waals surface area contributed by atoms with Crippen LogP contribution in [-0.2, 0) is 6.42 Å². The molecule has 0 saturated heterocycles. The molecule has 2 aromatic rings. The number of nitrogens with two attached hydrogens (primary N) is 1. The number of aromatic nitrogens is 1. The zero-order chi connectivity index (χ0) is 12.3. The van der Waals surface area contributed by atoms with Gasteiger partial charge in [0.25, 0.3) is 0 Å². The van der Waals surface area contributed by atoms with E-state index in [0.717, 1.165) is 11.3 Å². The van der Waals surface area contributed by atoms with Crippen LogP contribution in [0.3, 0.4) is 0 Å². The molecule has 0 aliphatic heterocycles. The Kier molecular flexibility index (Phi) is 4.36. The molecule has 90 valence electrons. The largest absolute Gasteiger partial charge is 0.271 e. The van der Waals surface area contributed by atoms with E-state index in [-0.39, 0.29) is 6.04 Å². The fraction of sp³-hybridized carbons (Fsp3) is 0.182. The molecular weight excluding hydrogens is 277 g/mol. The zero-order valence-corrected chi connectivity index (χ0v) is 11.2. The van der Waals surface area contributed by atoms with Crippen LogP contribution in [0.4, 0.5) is 0 Å². The normalized spacial score (nSPS) is 12.6. The van der Waals surface area contributed by atoms with Crippen molar-refractivity contribution in [2.45, 2.75) is 12.5 Å². The third kappa shape index (κ3) is 2.97. The summed E-state index contributed by atoms with van der Waals surface area (Å²) in [4.78, 5) is 4.24. The van der Waals surface area contributed by atoms with Crippen molar-refractivity contribution in [3.05, 3.63) is 50.4 Å². The van der Waals surface area contributed by atoms with E-state index < -0.39 is 0 Å². The highest BCUT2D eigenvalue weighted by atomic mass is 35.5. The number of hydrogen-bond acceptors (Lipinski definition) is 4. The van der Waals surface area contributed by atoms with Crippen molar-refractivity contribution in [1.29, 1.82) is 0 Å². The second-order valence-corrected chi connectivity index (χ2v) is 5.05. The average Bonchev–Trinajstić information content (AvgIpc) is 2.85. The Bertz CT molecular complexity index is 487. The number of nitrogens with zero attached hydrogens (tertiary/aromatic N) is 1. The van der Waals surface area contributed by atoms with Crippen LogP contribution in [0.2, 0.25) is 10.0 Å². The smallest absolute Gasteiger partial charge is 0.0795 e. The molecule has 1 heterocycles. The minimum Gasteiger partial charge on any atom is -0.271 e. The molecule has 3 nitrogen and oxygen atoms in total. The number of hydrogen-bond donors (Lipinski definition) is 2. The summed E-state index contributed by atoms with van der Waals surface area (Å²) in [7, 11) is 0. The van der Waals surface area contributed by atoms with Gasteiger partial charge in [-0.15, -0.1) is 11.3 Å². The molecule has 17 heavy (non-hydrogen) atoms. The van der Waals surface area contributed by atoms with Crippen molar-refractivity contribution in [3.8, 4) is 0 Å². The summed E-state index contributed by atoms with van der Waals surface area (Å²) in [6.45, 7) is 0. The molecule has 1 aromatic heterocycles. The summed E-state index contributed by atoms with van der Waals surface area (Å²) in [5.74, 6) is 5.54. The quantitative estimate of drug-likeness (QED) is 0.671. The van der Waals surface area contributed by atoms with Crippen LogP contribution in [0.15, 0.2) is 29.1 Å². The van der Waals surface area contributed by atoms with E-state index in [9.17, 15) is 0 Å². The maximum Gasteiger partial charge on any atom is 0.0795 e. The first-order valence-electron chi connectivity index (χ1n) is 4.99. The lowest BCUT2D eigenvalue weighted by molar-refractivity contribution is 0.541. The predicted octanol–water partition coefficient (Wildman–Crippen LogP) is 3.20. The van der Waals surface area contributed by atoms with E-state index in [0.29, 0.717) is 16.5 Å². The SMILES string of the molecule is NNC(Cc1cccc(Cl)c1Cl)c1cscn1. The first-order valence-corrected chi connectivity index (χ1v) is 6.69. The fourth-order valence-electron chi connectivity index (χ4n) is 1.57. The standard InChI is InChI=1S/C11H11Cl2N3S/c12-8-3-1-2-7(11(8)13)4-9(16-14)10-5-17-6-15-10/h1-3,5-6,9,16H,4,14H2. The lowest BCUT2D eigenvalue weighted by Crippen LogP contribution is -2.29. The third-order valence-corrected chi connectivity index (χ3v) is 3.93. The molecule has 6 heteroatoms. The number of benzene rings is 1. The van der Waals surface area contributed by atoms with Crippen molar-refractivity contribution in [2.75, 3.05) is 0 Å². The monoisotopic (exact) mass is 287 g/mol. The van der Waals surface area contributed by atoms with Crippen LogP contribution in [0, 0.1) is 0 Å². The van der Waals surface area contributed by atoms with E-state index in [1.807, 2.05) is 17.5 Å². The third-order valence-electron chi connectivity index (χ3n) is 2.47. The van der Waals surface area contributed by atoms with Gasteiger partial charge in [-0.2, -0.15) is 0 Å². The summed E-state index contributed by atoms with van der Waals surface area (Å²) < 4.78 is 0. The second kappa shape index (κ2) is 5.80. The Hall–Kier alpha value is -0.650. The van der Waals surface area contributed by atoms with Crippen molar-refractivity contribution >= 4 is 34.5 Å². The van der Waals surface area contributed by atoms with E-state index in [2.05, 4.69) is 10.4 Å². The number of thiazole rings is 1. The molecule has 0 fully saturated rings.